The molecule has 1 unspecified atom stereocenters. The minimum Gasteiger partial charge on any atom is -0.312 e. The van der Waals surface area contributed by atoms with E-state index in [1.54, 1.807) is 0 Å². The summed E-state index contributed by atoms with van der Waals surface area (Å²) in [6.45, 7) is 8.31. The molecule has 1 aromatic rings. The van der Waals surface area contributed by atoms with Gasteiger partial charge in [0.2, 0.25) is 0 Å². The third-order valence-corrected chi connectivity index (χ3v) is 5.41. The Morgan fingerprint density at radius 2 is 2.17 bits per heavy atom. The zero-order valence-corrected chi connectivity index (χ0v) is 13.5. The van der Waals surface area contributed by atoms with Crippen LogP contribution in [0.2, 0.25) is 0 Å². The third-order valence-electron chi connectivity index (χ3n) is 3.49. The first-order valence-corrected chi connectivity index (χ1v) is 8.58. The molecule has 1 N–H and O–H groups in total. The van der Waals surface area contributed by atoms with Gasteiger partial charge in [-0.05, 0) is 65.8 Å². The van der Waals surface area contributed by atoms with Gasteiger partial charge >= 0.3 is 0 Å². The zero-order valence-electron chi connectivity index (χ0n) is 11.1. The predicted molar refractivity (Wildman–Crippen MR) is 83.2 cm³/mol. The van der Waals surface area contributed by atoms with Crippen molar-refractivity contribution in [2.75, 3.05) is 26.2 Å². The molecule has 1 saturated heterocycles. The van der Waals surface area contributed by atoms with Crippen molar-refractivity contribution in [2.24, 2.45) is 5.92 Å². The fraction of sp³-hybridized carbons (Fsp3) is 0.714. The maximum atomic E-state index is 3.58. The Balaban J connectivity index is 1.62. The molecule has 4 heteroatoms. The Morgan fingerprint density at radius 3 is 2.83 bits per heavy atom. The minimum atomic E-state index is 0.738. The maximum Gasteiger partial charge on any atom is 0.0327 e. The minimum absolute atomic E-state index is 0.738. The quantitative estimate of drug-likeness (QED) is 0.855. The predicted octanol–water partition coefficient (Wildman–Crippen LogP) is 3.72. The Labute approximate surface area is 123 Å². The molecule has 1 aliphatic heterocycles. The SMILES string of the molecule is CC(CNCc1sccc1Br)CN1CCCCC1. The maximum absolute atomic E-state index is 3.58. The number of halogens is 1. The van der Waals surface area contributed by atoms with Gasteiger partial charge in [-0.3, -0.25) is 0 Å². The molecule has 2 heterocycles. The van der Waals surface area contributed by atoms with Crippen LogP contribution < -0.4 is 5.32 Å². The van der Waals surface area contributed by atoms with Crippen molar-refractivity contribution in [3.63, 3.8) is 0 Å². The Hall–Kier alpha value is 0.1000. The number of thiophene rings is 1. The summed E-state index contributed by atoms with van der Waals surface area (Å²) in [5, 5.41) is 5.71. The second-order valence-electron chi connectivity index (χ2n) is 5.29. The third kappa shape index (κ3) is 4.65. The second-order valence-corrected chi connectivity index (χ2v) is 7.14. The molecule has 1 atom stereocenters. The molecule has 1 aromatic heterocycles. The molecule has 0 amide bonds. The van der Waals surface area contributed by atoms with E-state index >= 15 is 0 Å². The molecule has 18 heavy (non-hydrogen) atoms. The Morgan fingerprint density at radius 1 is 1.39 bits per heavy atom. The van der Waals surface area contributed by atoms with Crippen LogP contribution in [0.5, 0.6) is 0 Å². The molecule has 1 fully saturated rings. The highest BCUT2D eigenvalue weighted by atomic mass is 79.9. The summed E-state index contributed by atoms with van der Waals surface area (Å²) >= 11 is 5.39. The van der Waals surface area contributed by atoms with Crippen molar-refractivity contribution < 1.29 is 0 Å². The lowest BCUT2D eigenvalue weighted by Crippen LogP contribution is -2.36. The zero-order chi connectivity index (χ0) is 12.8. The van der Waals surface area contributed by atoms with Crippen LogP contribution >= 0.6 is 27.3 Å². The summed E-state index contributed by atoms with van der Waals surface area (Å²) in [4.78, 5) is 4.02. The van der Waals surface area contributed by atoms with E-state index in [0.717, 1.165) is 19.0 Å². The molecule has 0 bridgehead atoms. The highest BCUT2D eigenvalue weighted by Crippen LogP contribution is 2.22. The van der Waals surface area contributed by atoms with E-state index in [2.05, 4.69) is 44.5 Å². The molecular formula is C14H23BrN2S. The van der Waals surface area contributed by atoms with Crippen molar-refractivity contribution >= 4 is 27.3 Å². The lowest BCUT2D eigenvalue weighted by molar-refractivity contribution is 0.199. The monoisotopic (exact) mass is 330 g/mol. The van der Waals surface area contributed by atoms with Crippen molar-refractivity contribution in [3.8, 4) is 0 Å². The van der Waals surface area contributed by atoms with Gasteiger partial charge in [-0.2, -0.15) is 0 Å². The van der Waals surface area contributed by atoms with Crippen LogP contribution in [0.1, 0.15) is 31.1 Å². The van der Waals surface area contributed by atoms with Gasteiger partial charge in [0.05, 0.1) is 0 Å². The van der Waals surface area contributed by atoms with E-state index in [0.29, 0.717) is 0 Å². The number of nitrogens with zero attached hydrogens (tertiary/aromatic N) is 1. The lowest BCUT2D eigenvalue weighted by atomic mass is 10.1. The van der Waals surface area contributed by atoms with Crippen molar-refractivity contribution in [1.82, 2.24) is 10.2 Å². The van der Waals surface area contributed by atoms with Crippen LogP contribution in [-0.2, 0) is 6.54 Å². The molecule has 2 rings (SSSR count). The topological polar surface area (TPSA) is 15.3 Å². The Bertz CT molecular complexity index is 347. The number of likely N-dealkylation sites (tertiary alicyclic amines) is 1. The summed E-state index contributed by atoms with van der Waals surface area (Å²) in [5.41, 5.74) is 0. The van der Waals surface area contributed by atoms with E-state index in [9.17, 15) is 0 Å². The van der Waals surface area contributed by atoms with Gasteiger partial charge in [0.15, 0.2) is 0 Å². The standard InChI is InChI=1S/C14H23BrN2S/c1-12(11-17-6-3-2-4-7-17)9-16-10-14-13(15)5-8-18-14/h5,8,12,16H,2-4,6-7,9-11H2,1H3. The first-order chi connectivity index (χ1) is 8.75. The lowest BCUT2D eigenvalue weighted by Gasteiger charge is -2.29. The molecule has 0 aliphatic carbocycles. The first-order valence-electron chi connectivity index (χ1n) is 6.90. The van der Waals surface area contributed by atoms with Gasteiger partial charge in [-0.1, -0.05) is 13.3 Å². The van der Waals surface area contributed by atoms with E-state index in [1.807, 2.05) is 11.3 Å². The van der Waals surface area contributed by atoms with Crippen LogP contribution in [0, 0.1) is 5.92 Å². The largest absolute Gasteiger partial charge is 0.312 e. The van der Waals surface area contributed by atoms with Crippen molar-refractivity contribution in [2.45, 2.75) is 32.7 Å². The number of hydrogen-bond acceptors (Lipinski definition) is 3. The van der Waals surface area contributed by atoms with E-state index in [-0.39, 0.29) is 0 Å². The van der Waals surface area contributed by atoms with E-state index < -0.39 is 0 Å². The highest BCUT2D eigenvalue weighted by Gasteiger charge is 2.13. The van der Waals surface area contributed by atoms with Gasteiger partial charge in [-0.25, -0.2) is 0 Å². The normalized spacial score (nSPS) is 19.0. The van der Waals surface area contributed by atoms with Crippen molar-refractivity contribution in [3.05, 3.63) is 20.8 Å². The number of hydrogen-bond donors (Lipinski definition) is 1. The van der Waals surface area contributed by atoms with Crippen LogP contribution in [0.15, 0.2) is 15.9 Å². The highest BCUT2D eigenvalue weighted by molar-refractivity contribution is 9.10. The fourth-order valence-corrected chi connectivity index (χ4v) is 3.99. The summed E-state index contributed by atoms with van der Waals surface area (Å²) in [5.74, 6) is 0.738. The first kappa shape index (κ1) is 14.5. The molecule has 0 saturated carbocycles. The smallest absolute Gasteiger partial charge is 0.0327 e. The summed E-state index contributed by atoms with van der Waals surface area (Å²) in [6, 6.07) is 2.12. The van der Waals surface area contributed by atoms with Gasteiger partial charge in [0.1, 0.15) is 0 Å². The van der Waals surface area contributed by atoms with Crippen LogP contribution in [0.25, 0.3) is 0 Å². The molecule has 0 spiro atoms. The molecule has 1 aliphatic rings. The number of piperidine rings is 1. The van der Waals surface area contributed by atoms with Crippen LogP contribution in [0.3, 0.4) is 0 Å². The molecule has 102 valence electrons. The molecular weight excluding hydrogens is 308 g/mol. The molecule has 0 aromatic carbocycles. The second kappa shape index (κ2) is 7.63. The van der Waals surface area contributed by atoms with Gasteiger partial charge in [0, 0.05) is 22.4 Å². The van der Waals surface area contributed by atoms with E-state index in [1.165, 1.54) is 48.2 Å². The Kier molecular flexibility index (Phi) is 6.15. The number of rotatable bonds is 6. The van der Waals surface area contributed by atoms with Crippen LogP contribution in [-0.4, -0.2) is 31.1 Å². The number of nitrogens with one attached hydrogen (secondary N) is 1. The summed E-state index contributed by atoms with van der Waals surface area (Å²) < 4.78 is 1.24. The summed E-state index contributed by atoms with van der Waals surface area (Å²) in [6.07, 6.45) is 4.21. The van der Waals surface area contributed by atoms with E-state index in [4.69, 9.17) is 0 Å². The molecule has 2 nitrogen and oxygen atoms in total. The average molecular weight is 331 g/mol. The summed E-state index contributed by atoms with van der Waals surface area (Å²) in [7, 11) is 0. The van der Waals surface area contributed by atoms with Crippen molar-refractivity contribution in [1.29, 1.82) is 0 Å². The van der Waals surface area contributed by atoms with Gasteiger partial charge in [0.25, 0.3) is 0 Å². The average Bonchev–Trinajstić information content (AvgIpc) is 2.76. The van der Waals surface area contributed by atoms with Crippen LogP contribution in [0.4, 0.5) is 0 Å². The van der Waals surface area contributed by atoms with Gasteiger partial charge in [-0.15, -0.1) is 11.3 Å². The van der Waals surface area contributed by atoms with Gasteiger partial charge < -0.3 is 10.2 Å². The molecule has 0 radical (unpaired) electrons. The fourth-order valence-electron chi connectivity index (χ4n) is 2.53.